The SMILES string of the molecule is CC(NCCN1CCOCC1)C(=O)c1ccc(N)cc1. The number of nitrogens with two attached hydrogens (primary N) is 1. The highest BCUT2D eigenvalue weighted by atomic mass is 16.5. The molecule has 2 rings (SSSR count). The van der Waals surface area contributed by atoms with Gasteiger partial charge in [-0.3, -0.25) is 9.69 Å². The number of nitrogens with one attached hydrogen (secondary N) is 1. The summed E-state index contributed by atoms with van der Waals surface area (Å²) in [7, 11) is 0. The van der Waals surface area contributed by atoms with Crippen molar-refractivity contribution in [1.82, 2.24) is 10.2 Å². The van der Waals surface area contributed by atoms with Crippen LogP contribution in [-0.2, 0) is 4.74 Å². The van der Waals surface area contributed by atoms with E-state index in [1.54, 1.807) is 24.3 Å². The first-order valence-corrected chi connectivity index (χ1v) is 7.10. The normalized spacial score (nSPS) is 17.9. The van der Waals surface area contributed by atoms with Crippen molar-refractivity contribution in [1.29, 1.82) is 0 Å². The monoisotopic (exact) mass is 277 g/mol. The van der Waals surface area contributed by atoms with E-state index >= 15 is 0 Å². The molecule has 1 fully saturated rings. The topological polar surface area (TPSA) is 67.6 Å². The second-order valence-electron chi connectivity index (χ2n) is 5.12. The van der Waals surface area contributed by atoms with Gasteiger partial charge in [-0.15, -0.1) is 0 Å². The lowest BCUT2D eigenvalue weighted by molar-refractivity contribution is 0.0381. The molecular formula is C15H23N3O2. The molecule has 20 heavy (non-hydrogen) atoms. The van der Waals surface area contributed by atoms with Crippen LogP contribution in [0.3, 0.4) is 0 Å². The number of hydrogen-bond donors (Lipinski definition) is 2. The van der Waals surface area contributed by atoms with Gasteiger partial charge >= 0.3 is 0 Å². The van der Waals surface area contributed by atoms with E-state index in [0.29, 0.717) is 11.3 Å². The van der Waals surface area contributed by atoms with Gasteiger partial charge in [-0.25, -0.2) is 0 Å². The molecular weight excluding hydrogens is 254 g/mol. The van der Waals surface area contributed by atoms with E-state index in [1.807, 2.05) is 6.92 Å². The van der Waals surface area contributed by atoms with Crippen molar-refractivity contribution in [3.05, 3.63) is 29.8 Å². The van der Waals surface area contributed by atoms with Gasteiger partial charge in [0.25, 0.3) is 0 Å². The number of carbonyl (C=O) groups excluding carboxylic acids is 1. The van der Waals surface area contributed by atoms with Crippen LogP contribution in [0.2, 0.25) is 0 Å². The first-order valence-electron chi connectivity index (χ1n) is 7.10. The van der Waals surface area contributed by atoms with E-state index in [2.05, 4.69) is 10.2 Å². The van der Waals surface area contributed by atoms with Crippen LogP contribution in [-0.4, -0.2) is 56.1 Å². The zero-order valence-electron chi connectivity index (χ0n) is 12.0. The van der Waals surface area contributed by atoms with Gasteiger partial charge in [0.05, 0.1) is 19.3 Å². The third kappa shape index (κ3) is 4.30. The number of anilines is 1. The molecule has 0 amide bonds. The Kier molecular flexibility index (Phi) is 5.52. The molecule has 0 spiro atoms. The average Bonchev–Trinajstić information content (AvgIpc) is 2.48. The largest absolute Gasteiger partial charge is 0.399 e. The van der Waals surface area contributed by atoms with Crippen LogP contribution in [0.1, 0.15) is 17.3 Å². The smallest absolute Gasteiger partial charge is 0.179 e. The van der Waals surface area contributed by atoms with Crippen molar-refractivity contribution in [3.63, 3.8) is 0 Å². The number of morpholine rings is 1. The molecule has 1 saturated heterocycles. The predicted molar refractivity (Wildman–Crippen MR) is 79.9 cm³/mol. The van der Waals surface area contributed by atoms with E-state index < -0.39 is 0 Å². The maximum absolute atomic E-state index is 12.2. The van der Waals surface area contributed by atoms with Crippen molar-refractivity contribution in [2.75, 3.05) is 45.1 Å². The lowest BCUT2D eigenvalue weighted by atomic mass is 10.1. The number of nitrogens with zero attached hydrogens (tertiary/aromatic N) is 1. The molecule has 1 heterocycles. The van der Waals surface area contributed by atoms with Gasteiger partial charge in [0, 0.05) is 37.4 Å². The highest BCUT2D eigenvalue weighted by Crippen LogP contribution is 2.08. The second-order valence-corrected chi connectivity index (χ2v) is 5.12. The molecule has 3 N–H and O–H groups in total. The quantitative estimate of drug-likeness (QED) is 0.593. The van der Waals surface area contributed by atoms with Crippen molar-refractivity contribution in [3.8, 4) is 0 Å². The fraction of sp³-hybridized carbons (Fsp3) is 0.533. The van der Waals surface area contributed by atoms with Gasteiger partial charge in [-0.05, 0) is 31.2 Å². The lowest BCUT2D eigenvalue weighted by Crippen LogP contribution is -2.43. The van der Waals surface area contributed by atoms with Crippen molar-refractivity contribution >= 4 is 11.5 Å². The number of benzene rings is 1. The van der Waals surface area contributed by atoms with Gasteiger partial charge in [0.2, 0.25) is 0 Å². The van der Waals surface area contributed by atoms with Crippen LogP contribution in [0.15, 0.2) is 24.3 Å². The summed E-state index contributed by atoms with van der Waals surface area (Å²) in [4.78, 5) is 14.5. The van der Waals surface area contributed by atoms with Crippen LogP contribution in [0.4, 0.5) is 5.69 Å². The molecule has 0 saturated carbocycles. The highest BCUT2D eigenvalue weighted by molar-refractivity contribution is 6.00. The number of Topliss-reactive ketones (excluding diaryl/α,β-unsaturated/α-hetero) is 1. The van der Waals surface area contributed by atoms with E-state index in [4.69, 9.17) is 10.5 Å². The summed E-state index contributed by atoms with van der Waals surface area (Å²) in [5.74, 6) is 0.104. The number of carbonyl (C=O) groups is 1. The maximum atomic E-state index is 12.2. The number of ether oxygens (including phenoxy) is 1. The van der Waals surface area contributed by atoms with Crippen LogP contribution in [0.25, 0.3) is 0 Å². The molecule has 0 bridgehead atoms. The standard InChI is InChI=1S/C15H23N3O2/c1-12(15(19)13-2-4-14(16)5-3-13)17-6-7-18-8-10-20-11-9-18/h2-5,12,17H,6-11,16H2,1H3. The number of nitrogen functional groups attached to an aromatic ring is 1. The second kappa shape index (κ2) is 7.38. The van der Waals surface area contributed by atoms with Crippen LogP contribution < -0.4 is 11.1 Å². The van der Waals surface area contributed by atoms with Gasteiger partial charge in [0.15, 0.2) is 5.78 Å². The molecule has 1 aromatic carbocycles. The summed E-state index contributed by atoms with van der Waals surface area (Å²) in [6.45, 7) is 7.21. The fourth-order valence-electron chi connectivity index (χ4n) is 2.25. The summed E-state index contributed by atoms with van der Waals surface area (Å²) >= 11 is 0. The third-order valence-electron chi connectivity index (χ3n) is 3.57. The van der Waals surface area contributed by atoms with Crippen molar-refractivity contribution < 1.29 is 9.53 Å². The zero-order valence-corrected chi connectivity index (χ0v) is 12.0. The van der Waals surface area contributed by atoms with E-state index in [1.165, 1.54) is 0 Å². The number of rotatable bonds is 6. The van der Waals surface area contributed by atoms with Crippen molar-refractivity contribution in [2.45, 2.75) is 13.0 Å². The molecule has 0 radical (unpaired) electrons. The maximum Gasteiger partial charge on any atom is 0.179 e. The molecule has 110 valence electrons. The molecule has 1 unspecified atom stereocenters. The average molecular weight is 277 g/mol. The van der Waals surface area contributed by atoms with Crippen molar-refractivity contribution in [2.24, 2.45) is 0 Å². The highest BCUT2D eigenvalue weighted by Gasteiger charge is 2.15. The molecule has 1 atom stereocenters. The summed E-state index contributed by atoms with van der Waals surface area (Å²) < 4.78 is 5.31. The molecule has 1 aromatic rings. The summed E-state index contributed by atoms with van der Waals surface area (Å²) in [5, 5.41) is 3.28. The van der Waals surface area contributed by atoms with Crippen LogP contribution in [0.5, 0.6) is 0 Å². The molecule has 5 nitrogen and oxygen atoms in total. The Morgan fingerprint density at radius 1 is 1.35 bits per heavy atom. The lowest BCUT2D eigenvalue weighted by Gasteiger charge is -2.27. The minimum absolute atomic E-state index is 0.104. The predicted octanol–water partition coefficient (Wildman–Crippen LogP) is 0.762. The Morgan fingerprint density at radius 3 is 2.65 bits per heavy atom. The first kappa shape index (κ1) is 15.0. The van der Waals surface area contributed by atoms with Gasteiger partial charge in [-0.2, -0.15) is 0 Å². The molecule has 0 aromatic heterocycles. The summed E-state index contributed by atoms with van der Waals surface area (Å²) in [6.07, 6.45) is 0. The molecule has 5 heteroatoms. The fourth-order valence-corrected chi connectivity index (χ4v) is 2.25. The molecule has 1 aliphatic heterocycles. The minimum atomic E-state index is -0.181. The minimum Gasteiger partial charge on any atom is -0.399 e. The number of ketones is 1. The van der Waals surface area contributed by atoms with E-state index in [-0.39, 0.29) is 11.8 Å². The summed E-state index contributed by atoms with van der Waals surface area (Å²) in [5.41, 5.74) is 7.00. The Labute approximate surface area is 120 Å². The van der Waals surface area contributed by atoms with Crippen LogP contribution in [0, 0.1) is 0 Å². The Balaban J connectivity index is 1.74. The Bertz CT molecular complexity index is 427. The first-order chi connectivity index (χ1) is 9.66. The molecule has 0 aliphatic carbocycles. The number of hydrogen-bond acceptors (Lipinski definition) is 5. The zero-order chi connectivity index (χ0) is 14.4. The van der Waals surface area contributed by atoms with E-state index in [9.17, 15) is 4.79 Å². The van der Waals surface area contributed by atoms with Gasteiger partial charge in [0.1, 0.15) is 0 Å². The Hall–Kier alpha value is -1.43. The van der Waals surface area contributed by atoms with Gasteiger partial charge in [-0.1, -0.05) is 0 Å². The van der Waals surface area contributed by atoms with Gasteiger partial charge < -0.3 is 15.8 Å². The Morgan fingerprint density at radius 2 is 2.00 bits per heavy atom. The van der Waals surface area contributed by atoms with E-state index in [0.717, 1.165) is 39.4 Å². The summed E-state index contributed by atoms with van der Waals surface area (Å²) in [6, 6.07) is 6.89. The molecule has 1 aliphatic rings. The third-order valence-corrected chi connectivity index (χ3v) is 3.57. The van der Waals surface area contributed by atoms with Crippen LogP contribution >= 0.6 is 0 Å².